The molecule has 2 rings (SSSR count). The van der Waals surface area contributed by atoms with Crippen molar-refractivity contribution in [2.75, 3.05) is 13.1 Å². The highest BCUT2D eigenvalue weighted by molar-refractivity contribution is 5.93. The number of hydrogen-bond donors (Lipinski definition) is 2. The lowest BCUT2D eigenvalue weighted by molar-refractivity contribution is -0.144. The van der Waals surface area contributed by atoms with Crippen molar-refractivity contribution in [2.45, 2.75) is 79.8 Å². The van der Waals surface area contributed by atoms with Gasteiger partial charge in [-0.05, 0) is 42.1 Å². The number of benzene rings is 1. The average molecular weight is 458 g/mol. The number of amides is 3. The molecular formula is C27H43N3O3. The highest BCUT2D eigenvalue weighted by atomic mass is 16.2. The Kier molecular flexibility index (Phi) is 9.50. The summed E-state index contributed by atoms with van der Waals surface area (Å²) in [5.41, 5.74) is 0.697. The summed E-state index contributed by atoms with van der Waals surface area (Å²) in [5.74, 6) is 0.0692. The van der Waals surface area contributed by atoms with Crippen LogP contribution in [0.2, 0.25) is 0 Å². The van der Waals surface area contributed by atoms with Crippen LogP contribution < -0.4 is 10.6 Å². The van der Waals surface area contributed by atoms with Crippen LogP contribution in [0, 0.1) is 23.2 Å². The van der Waals surface area contributed by atoms with Crippen molar-refractivity contribution >= 4 is 17.7 Å². The van der Waals surface area contributed by atoms with E-state index in [-0.39, 0.29) is 29.6 Å². The first-order valence-electron chi connectivity index (χ1n) is 12.4. The zero-order valence-corrected chi connectivity index (χ0v) is 21.5. The average Bonchev–Trinajstić information content (AvgIpc) is 3.22. The summed E-state index contributed by atoms with van der Waals surface area (Å²) in [4.78, 5) is 41.3. The fraction of sp³-hybridized carbons (Fsp3) is 0.667. The molecule has 3 amide bonds. The number of hydrogen-bond acceptors (Lipinski definition) is 3. The largest absolute Gasteiger partial charge is 0.354 e. The van der Waals surface area contributed by atoms with Crippen molar-refractivity contribution in [3.63, 3.8) is 0 Å². The fourth-order valence-electron chi connectivity index (χ4n) is 4.22. The lowest BCUT2D eigenvalue weighted by Crippen LogP contribution is -2.58. The Morgan fingerprint density at radius 2 is 1.73 bits per heavy atom. The van der Waals surface area contributed by atoms with Crippen LogP contribution in [-0.4, -0.2) is 47.8 Å². The standard InChI is InChI=1S/C27H43N3O3/c1-8-19(4)24(31)29-23(27(5,6)7)26(33)30-17-21(18(2)3)16-22(30)25(32)28-15-14-20-12-10-9-11-13-20/h9-13,18-19,21-23H,8,14-17H2,1-7H3,(H,28,32)(H,29,31)/t19-,21+,22+,23-/m1/s1. The molecule has 1 fully saturated rings. The molecule has 1 aromatic carbocycles. The van der Waals surface area contributed by atoms with Gasteiger partial charge in [-0.15, -0.1) is 0 Å². The van der Waals surface area contributed by atoms with E-state index in [2.05, 4.69) is 24.5 Å². The van der Waals surface area contributed by atoms with E-state index < -0.39 is 17.5 Å². The first-order valence-corrected chi connectivity index (χ1v) is 12.4. The zero-order valence-electron chi connectivity index (χ0n) is 21.5. The van der Waals surface area contributed by atoms with Crippen LogP contribution in [0.3, 0.4) is 0 Å². The second-order valence-corrected chi connectivity index (χ2v) is 10.9. The zero-order chi connectivity index (χ0) is 24.8. The Hall–Kier alpha value is -2.37. The number of likely N-dealkylation sites (tertiary alicyclic amines) is 1. The van der Waals surface area contributed by atoms with E-state index in [1.807, 2.05) is 65.0 Å². The molecule has 0 bridgehead atoms. The number of nitrogens with zero attached hydrogens (tertiary/aromatic N) is 1. The van der Waals surface area contributed by atoms with Crippen molar-refractivity contribution in [1.82, 2.24) is 15.5 Å². The van der Waals surface area contributed by atoms with Gasteiger partial charge in [0.15, 0.2) is 0 Å². The summed E-state index contributed by atoms with van der Waals surface area (Å²) in [6.45, 7) is 15.0. The fourth-order valence-corrected chi connectivity index (χ4v) is 4.22. The molecule has 6 nitrogen and oxygen atoms in total. The van der Waals surface area contributed by atoms with Gasteiger partial charge in [0.05, 0.1) is 0 Å². The van der Waals surface area contributed by atoms with Gasteiger partial charge in [-0.2, -0.15) is 0 Å². The molecule has 184 valence electrons. The van der Waals surface area contributed by atoms with Gasteiger partial charge >= 0.3 is 0 Å². The first-order chi connectivity index (χ1) is 15.5. The third kappa shape index (κ3) is 7.31. The molecular weight excluding hydrogens is 414 g/mol. The van der Waals surface area contributed by atoms with Crippen LogP contribution >= 0.6 is 0 Å². The smallest absolute Gasteiger partial charge is 0.246 e. The molecule has 1 aliphatic rings. The first kappa shape index (κ1) is 26.9. The van der Waals surface area contributed by atoms with Gasteiger partial charge in [0, 0.05) is 19.0 Å². The minimum absolute atomic E-state index is 0.108. The second kappa shape index (κ2) is 11.7. The Bertz CT molecular complexity index is 801. The van der Waals surface area contributed by atoms with Crippen LogP contribution in [0.5, 0.6) is 0 Å². The van der Waals surface area contributed by atoms with Crippen molar-refractivity contribution in [2.24, 2.45) is 23.2 Å². The summed E-state index contributed by atoms with van der Waals surface area (Å²) in [5, 5.41) is 6.03. The predicted octanol–water partition coefficient (Wildman–Crippen LogP) is 3.80. The molecule has 0 spiro atoms. The van der Waals surface area contributed by atoms with E-state index in [1.54, 1.807) is 4.90 Å². The Morgan fingerprint density at radius 1 is 1.09 bits per heavy atom. The van der Waals surface area contributed by atoms with Gasteiger partial charge in [-0.25, -0.2) is 0 Å². The maximum Gasteiger partial charge on any atom is 0.246 e. The second-order valence-electron chi connectivity index (χ2n) is 10.9. The lowest BCUT2D eigenvalue weighted by atomic mass is 9.85. The van der Waals surface area contributed by atoms with Crippen molar-refractivity contribution in [3.8, 4) is 0 Å². The van der Waals surface area contributed by atoms with Gasteiger partial charge in [0.25, 0.3) is 0 Å². The van der Waals surface area contributed by atoms with Gasteiger partial charge in [0.1, 0.15) is 12.1 Å². The molecule has 0 aromatic heterocycles. The van der Waals surface area contributed by atoms with Gasteiger partial charge in [0.2, 0.25) is 17.7 Å². The van der Waals surface area contributed by atoms with E-state index in [0.717, 1.165) is 12.0 Å². The number of rotatable bonds is 9. The number of nitrogens with one attached hydrogen (secondary N) is 2. The summed E-state index contributed by atoms with van der Waals surface area (Å²) < 4.78 is 0. The van der Waals surface area contributed by atoms with Crippen molar-refractivity contribution in [3.05, 3.63) is 35.9 Å². The summed E-state index contributed by atoms with van der Waals surface area (Å²) >= 11 is 0. The Labute approximate surface area is 199 Å². The summed E-state index contributed by atoms with van der Waals surface area (Å²) in [7, 11) is 0. The minimum atomic E-state index is -0.676. The molecule has 0 unspecified atom stereocenters. The summed E-state index contributed by atoms with van der Waals surface area (Å²) in [6.07, 6.45) is 2.11. The molecule has 0 saturated carbocycles. The number of carbonyl (C=O) groups excluding carboxylic acids is 3. The van der Waals surface area contributed by atoms with E-state index >= 15 is 0 Å². The van der Waals surface area contributed by atoms with Crippen molar-refractivity contribution < 1.29 is 14.4 Å². The molecule has 33 heavy (non-hydrogen) atoms. The van der Waals surface area contributed by atoms with Crippen molar-refractivity contribution in [1.29, 1.82) is 0 Å². The predicted molar refractivity (Wildman–Crippen MR) is 132 cm³/mol. The quantitative estimate of drug-likeness (QED) is 0.592. The maximum absolute atomic E-state index is 13.7. The molecule has 4 atom stereocenters. The SMILES string of the molecule is CC[C@@H](C)C(=O)N[C@H](C(=O)N1C[C@@H](C(C)C)C[C@H]1C(=O)NCCc1ccccc1)C(C)(C)C. The third-order valence-electron chi connectivity index (χ3n) is 6.88. The van der Waals surface area contributed by atoms with E-state index in [0.29, 0.717) is 31.8 Å². The monoisotopic (exact) mass is 457 g/mol. The molecule has 1 aliphatic heterocycles. The summed E-state index contributed by atoms with van der Waals surface area (Å²) in [6, 6.07) is 8.85. The van der Waals surface area contributed by atoms with Crippen LogP contribution in [0.25, 0.3) is 0 Å². The van der Waals surface area contributed by atoms with Crippen LogP contribution in [-0.2, 0) is 20.8 Å². The molecule has 6 heteroatoms. The Morgan fingerprint density at radius 3 is 2.27 bits per heavy atom. The molecule has 1 aromatic rings. The highest BCUT2D eigenvalue weighted by Crippen LogP contribution is 2.32. The molecule has 0 aliphatic carbocycles. The van der Waals surface area contributed by atoms with E-state index in [1.165, 1.54) is 0 Å². The van der Waals surface area contributed by atoms with E-state index in [9.17, 15) is 14.4 Å². The van der Waals surface area contributed by atoms with E-state index in [4.69, 9.17) is 0 Å². The number of carbonyl (C=O) groups is 3. The van der Waals surface area contributed by atoms with Crippen LogP contribution in [0.1, 0.15) is 66.9 Å². The lowest BCUT2D eigenvalue weighted by Gasteiger charge is -2.36. The Balaban J connectivity index is 2.16. The maximum atomic E-state index is 13.7. The topological polar surface area (TPSA) is 78.5 Å². The molecule has 2 N–H and O–H groups in total. The third-order valence-corrected chi connectivity index (χ3v) is 6.88. The van der Waals surface area contributed by atoms with Crippen LogP contribution in [0.15, 0.2) is 30.3 Å². The van der Waals surface area contributed by atoms with Gasteiger partial charge in [-0.3, -0.25) is 14.4 Å². The minimum Gasteiger partial charge on any atom is -0.354 e. The van der Waals surface area contributed by atoms with Gasteiger partial charge < -0.3 is 15.5 Å². The normalized spacial score (nSPS) is 20.4. The van der Waals surface area contributed by atoms with Crippen LogP contribution in [0.4, 0.5) is 0 Å². The highest BCUT2D eigenvalue weighted by Gasteiger charge is 2.45. The van der Waals surface area contributed by atoms with Gasteiger partial charge in [-0.1, -0.05) is 78.8 Å². The molecule has 0 radical (unpaired) electrons. The molecule has 1 heterocycles. The molecule has 1 saturated heterocycles.